The number of aliphatic carboxylic acids is 1. The van der Waals surface area contributed by atoms with Gasteiger partial charge in [-0.25, -0.2) is 29.9 Å². The third kappa shape index (κ3) is 4.81. The third-order valence-electron chi connectivity index (χ3n) is 7.46. The van der Waals surface area contributed by atoms with E-state index < -0.39 is 5.97 Å². The number of H-pyrrole nitrogens is 2. The Labute approximate surface area is 266 Å². The monoisotopic (exact) mass is 626 g/mol. The Morgan fingerprint density at radius 3 is 0.933 bits per heavy atom. The van der Waals surface area contributed by atoms with Gasteiger partial charge in [0.25, 0.3) is 5.97 Å². The maximum Gasteiger partial charge on any atom is 0.300 e. The first-order chi connectivity index (χ1) is 21.5. The van der Waals surface area contributed by atoms with Gasteiger partial charge in [-0.3, -0.25) is 4.79 Å². The zero-order valence-corrected chi connectivity index (χ0v) is 25.0. The Balaban J connectivity index is 0.000000617. The second-order valence-electron chi connectivity index (χ2n) is 10.3. The number of nitrogens with zero attached hydrogens (tertiary/aromatic N) is 6. The molecule has 3 aromatic heterocycles. The SMILES string of the molecule is CC(=O)O.[Cr].c1ccc2c(c1)-c1nc-2nc2[nH]c(nc3nc(nc4[nH]c(n1)c1ccccc41)-c1ccccc1-3)c1ccccc21. The smallest absolute Gasteiger partial charge is 0.300 e. The molecule has 9 rings (SSSR count). The molecule has 0 unspecified atom stereocenters. The fraction of sp³-hybridized carbons (Fsp3) is 0.0294. The summed E-state index contributed by atoms with van der Waals surface area (Å²) in [6.45, 7) is 1.08. The molecule has 0 saturated heterocycles. The predicted molar refractivity (Wildman–Crippen MR) is 169 cm³/mol. The van der Waals surface area contributed by atoms with E-state index in [1.54, 1.807) is 0 Å². The fourth-order valence-corrected chi connectivity index (χ4v) is 5.59. The maximum atomic E-state index is 9.00. The van der Waals surface area contributed by atoms with Gasteiger partial charge in [-0.15, -0.1) is 0 Å². The molecule has 0 atom stereocenters. The van der Waals surface area contributed by atoms with Crippen molar-refractivity contribution in [2.24, 2.45) is 0 Å². The van der Waals surface area contributed by atoms with Crippen LogP contribution in [0.3, 0.4) is 0 Å². The van der Waals surface area contributed by atoms with E-state index in [0.717, 1.165) is 50.7 Å². The molecule has 10 nitrogen and oxygen atoms in total. The minimum atomic E-state index is -0.833. The molecule has 5 heterocycles. The van der Waals surface area contributed by atoms with Crippen LogP contribution in [0.5, 0.6) is 0 Å². The van der Waals surface area contributed by atoms with E-state index in [1.807, 2.05) is 97.1 Å². The Bertz CT molecular complexity index is 2140. The molecule has 216 valence electrons. The number of rotatable bonds is 0. The Morgan fingerprint density at radius 2 is 0.689 bits per heavy atom. The minimum Gasteiger partial charge on any atom is -0.481 e. The molecule has 3 N–H and O–H groups in total. The summed E-state index contributed by atoms with van der Waals surface area (Å²) in [5.74, 6) is 1.56. The first kappa shape index (κ1) is 28.0. The van der Waals surface area contributed by atoms with Gasteiger partial charge in [0.05, 0.1) is 0 Å². The van der Waals surface area contributed by atoms with Gasteiger partial charge in [0.2, 0.25) is 0 Å². The number of hydrogen-bond donors (Lipinski definition) is 3. The standard InChI is InChI=1S/C32H18N8.C2H4O2.Cr/c1-2-10-18-17(9-1)25-33-26(18)38-28-21-13-5-6-14-22(21)30(35-28)40-32-24-16-8-7-15-23(24)31(36-32)39-29-20-12-4-3-11-19(20)27(34-29)37-25;1-2(3)4;/h1-16H,(H2,33,34,35,36,37,38,39,40);1H3,(H,3,4);. The van der Waals surface area contributed by atoms with Crippen LogP contribution >= 0.6 is 0 Å². The van der Waals surface area contributed by atoms with E-state index in [1.165, 1.54) is 0 Å². The molecular weight excluding hydrogens is 604 g/mol. The quantitative estimate of drug-likeness (QED) is 0.164. The summed E-state index contributed by atoms with van der Waals surface area (Å²) >= 11 is 0. The van der Waals surface area contributed by atoms with E-state index in [4.69, 9.17) is 39.8 Å². The summed E-state index contributed by atoms with van der Waals surface area (Å²) in [4.78, 5) is 45.8. The van der Waals surface area contributed by atoms with Crippen molar-refractivity contribution in [1.82, 2.24) is 39.9 Å². The molecule has 2 aliphatic heterocycles. The van der Waals surface area contributed by atoms with Crippen molar-refractivity contribution in [3.63, 3.8) is 0 Å². The predicted octanol–water partition coefficient (Wildman–Crippen LogP) is 6.96. The minimum absolute atomic E-state index is 0. The van der Waals surface area contributed by atoms with Crippen LogP contribution in [-0.2, 0) is 22.2 Å². The zero-order chi connectivity index (χ0) is 29.8. The number of fused-ring (bicyclic) bond motifs is 20. The zero-order valence-electron chi connectivity index (χ0n) is 23.7. The van der Waals surface area contributed by atoms with Crippen molar-refractivity contribution in [3.05, 3.63) is 97.1 Å². The number of carboxylic acids is 1. The van der Waals surface area contributed by atoms with Gasteiger partial charge in [0.15, 0.2) is 23.3 Å². The molecule has 0 aliphatic carbocycles. The van der Waals surface area contributed by atoms with Gasteiger partial charge in [-0.05, 0) is 0 Å². The molecule has 2 aliphatic rings. The van der Waals surface area contributed by atoms with Crippen LogP contribution in [0.25, 0.3) is 89.7 Å². The molecule has 7 aromatic rings. The fourth-order valence-electron chi connectivity index (χ4n) is 5.59. The number of nitrogens with one attached hydrogen (secondary N) is 2. The van der Waals surface area contributed by atoms with Gasteiger partial charge in [0, 0.05) is 68.1 Å². The molecule has 0 spiro atoms. The van der Waals surface area contributed by atoms with Gasteiger partial charge in [-0.1, -0.05) is 97.1 Å². The van der Waals surface area contributed by atoms with E-state index in [0.29, 0.717) is 45.9 Å². The number of hydrogen-bond acceptors (Lipinski definition) is 7. The largest absolute Gasteiger partial charge is 0.481 e. The molecule has 11 heteroatoms. The van der Waals surface area contributed by atoms with Crippen LogP contribution in [-0.4, -0.2) is 50.9 Å². The van der Waals surface area contributed by atoms with Crippen molar-refractivity contribution in [3.8, 4) is 45.6 Å². The summed E-state index contributed by atoms with van der Waals surface area (Å²) in [5, 5.41) is 11.2. The second-order valence-corrected chi connectivity index (χ2v) is 10.3. The average molecular weight is 627 g/mol. The number of carboxylic acid groups (broad SMARTS) is 1. The number of benzene rings is 4. The summed E-state index contributed by atoms with van der Waals surface area (Å²) in [6.07, 6.45) is 0. The molecular formula is C34H22CrN8O2. The van der Waals surface area contributed by atoms with Crippen LogP contribution in [0, 0.1) is 0 Å². The molecule has 0 fully saturated rings. The second kappa shape index (κ2) is 11.1. The van der Waals surface area contributed by atoms with Crippen LogP contribution in [0.15, 0.2) is 97.1 Å². The molecule has 0 saturated carbocycles. The number of carbonyl (C=O) groups is 1. The third-order valence-corrected chi connectivity index (χ3v) is 7.46. The molecule has 0 radical (unpaired) electrons. The Hall–Kier alpha value is -5.76. The summed E-state index contributed by atoms with van der Waals surface area (Å²) in [6, 6.07) is 32.2. The molecule has 4 aromatic carbocycles. The van der Waals surface area contributed by atoms with Crippen molar-refractivity contribution < 1.29 is 27.3 Å². The van der Waals surface area contributed by atoms with Crippen molar-refractivity contribution in [2.45, 2.75) is 6.92 Å². The van der Waals surface area contributed by atoms with E-state index in [-0.39, 0.29) is 17.4 Å². The Morgan fingerprint density at radius 1 is 0.467 bits per heavy atom. The van der Waals surface area contributed by atoms with E-state index in [2.05, 4.69) is 9.97 Å². The first-order valence-electron chi connectivity index (χ1n) is 13.9. The van der Waals surface area contributed by atoms with Crippen molar-refractivity contribution in [2.75, 3.05) is 0 Å². The van der Waals surface area contributed by atoms with Crippen molar-refractivity contribution >= 4 is 50.1 Å². The van der Waals surface area contributed by atoms with E-state index >= 15 is 0 Å². The topological polar surface area (TPSA) is 146 Å². The average Bonchev–Trinajstić information content (AvgIpc) is 3.76. The number of aromatic nitrogens is 8. The van der Waals surface area contributed by atoms with Crippen LogP contribution in [0.2, 0.25) is 0 Å². The van der Waals surface area contributed by atoms with Gasteiger partial charge in [0.1, 0.15) is 22.6 Å². The van der Waals surface area contributed by atoms with Crippen molar-refractivity contribution in [1.29, 1.82) is 0 Å². The molecule has 8 bridgehead atoms. The van der Waals surface area contributed by atoms with Crippen LogP contribution in [0.4, 0.5) is 0 Å². The first-order valence-corrected chi connectivity index (χ1v) is 13.9. The van der Waals surface area contributed by atoms with Gasteiger partial charge in [-0.2, -0.15) is 0 Å². The summed E-state index contributed by atoms with van der Waals surface area (Å²) in [7, 11) is 0. The van der Waals surface area contributed by atoms with Crippen LogP contribution in [0.1, 0.15) is 6.92 Å². The normalized spacial score (nSPS) is 11.2. The van der Waals surface area contributed by atoms with Gasteiger partial charge < -0.3 is 15.1 Å². The molecule has 0 amide bonds. The summed E-state index contributed by atoms with van der Waals surface area (Å²) in [5.41, 5.74) is 6.45. The summed E-state index contributed by atoms with van der Waals surface area (Å²) < 4.78 is 0. The van der Waals surface area contributed by atoms with Crippen LogP contribution < -0.4 is 0 Å². The molecule has 45 heavy (non-hydrogen) atoms. The maximum absolute atomic E-state index is 9.00. The Kier molecular flexibility index (Phi) is 6.89. The van der Waals surface area contributed by atoms with E-state index in [9.17, 15) is 0 Å². The van der Waals surface area contributed by atoms with Gasteiger partial charge >= 0.3 is 0 Å². The number of aromatic amines is 2.